The molecule has 0 aliphatic rings. The molecule has 0 bridgehead atoms. The van der Waals surface area contributed by atoms with Crippen molar-refractivity contribution in [2.24, 2.45) is 5.73 Å². The van der Waals surface area contributed by atoms with E-state index in [1.54, 1.807) is 24.3 Å². The van der Waals surface area contributed by atoms with Crippen molar-refractivity contribution in [2.45, 2.75) is 31.1 Å². The Morgan fingerprint density at radius 2 is 2.07 bits per heavy atom. The van der Waals surface area contributed by atoms with Gasteiger partial charge in [0.2, 0.25) is 0 Å². The van der Waals surface area contributed by atoms with Crippen molar-refractivity contribution in [3.05, 3.63) is 71.8 Å². The Balaban J connectivity index is 1.87. The van der Waals surface area contributed by atoms with Crippen molar-refractivity contribution < 1.29 is 19.4 Å². The van der Waals surface area contributed by atoms with Gasteiger partial charge in [0.15, 0.2) is 0 Å². The molecule has 0 unspecified atom stereocenters. The fourth-order valence-corrected chi connectivity index (χ4v) is 2.92. The molecule has 29 heavy (non-hydrogen) atoms. The Kier molecular flexibility index (Phi) is 9.15. The number of nitrogens with one attached hydrogen (secondary N) is 1. The third-order valence-corrected chi connectivity index (χ3v) is 4.57. The zero-order valence-electron chi connectivity index (χ0n) is 16.4. The van der Waals surface area contributed by atoms with E-state index < -0.39 is 18.2 Å². The van der Waals surface area contributed by atoms with E-state index in [9.17, 15) is 9.90 Å². The van der Waals surface area contributed by atoms with Crippen molar-refractivity contribution in [3.8, 4) is 5.75 Å². The number of benzene rings is 2. The van der Waals surface area contributed by atoms with Crippen LogP contribution in [0.4, 0.5) is 5.69 Å². The van der Waals surface area contributed by atoms with Gasteiger partial charge in [0.25, 0.3) is 5.91 Å². The molecule has 156 valence electrons. The van der Waals surface area contributed by atoms with Crippen LogP contribution in [0.3, 0.4) is 0 Å². The molecule has 0 radical (unpaired) electrons. The minimum absolute atomic E-state index is 0.0317. The quantitative estimate of drug-likeness (QED) is 0.487. The summed E-state index contributed by atoms with van der Waals surface area (Å²) in [5, 5.41) is 13.6. The number of aliphatic hydroxyl groups is 1. The molecule has 0 heterocycles. The Morgan fingerprint density at radius 3 is 2.76 bits per heavy atom. The second-order valence-corrected chi connectivity index (χ2v) is 7.08. The lowest BCUT2D eigenvalue weighted by atomic mass is 10.0. The van der Waals surface area contributed by atoms with Gasteiger partial charge in [-0.05, 0) is 42.3 Å². The number of hydrogen-bond donors (Lipinski definition) is 3. The molecular formula is C22H27ClN2O4. The third kappa shape index (κ3) is 7.51. The maximum absolute atomic E-state index is 12.4. The maximum atomic E-state index is 12.4. The first kappa shape index (κ1) is 22.9. The number of anilines is 1. The second kappa shape index (κ2) is 11.6. The van der Waals surface area contributed by atoms with E-state index in [4.69, 9.17) is 26.8 Å². The number of amides is 1. The summed E-state index contributed by atoms with van der Waals surface area (Å²) in [6, 6.07) is 13.7. The van der Waals surface area contributed by atoms with Crippen LogP contribution in [0.2, 0.25) is 5.02 Å². The van der Waals surface area contributed by atoms with Gasteiger partial charge < -0.3 is 25.6 Å². The van der Waals surface area contributed by atoms with Crippen molar-refractivity contribution in [1.29, 1.82) is 0 Å². The van der Waals surface area contributed by atoms with Crippen LogP contribution in [0, 0.1) is 0 Å². The van der Waals surface area contributed by atoms with Gasteiger partial charge in [0.1, 0.15) is 18.5 Å². The molecule has 2 aromatic rings. The fraction of sp³-hybridized carbons (Fsp3) is 0.318. The van der Waals surface area contributed by atoms with E-state index in [0.717, 1.165) is 12.0 Å². The highest BCUT2D eigenvalue weighted by molar-refractivity contribution is 6.30. The van der Waals surface area contributed by atoms with Crippen LogP contribution in [0.25, 0.3) is 0 Å². The lowest BCUT2D eigenvalue weighted by Crippen LogP contribution is -2.44. The summed E-state index contributed by atoms with van der Waals surface area (Å²) in [5.41, 5.74) is 7.66. The van der Waals surface area contributed by atoms with Gasteiger partial charge in [-0.1, -0.05) is 35.9 Å². The van der Waals surface area contributed by atoms with Crippen molar-refractivity contribution >= 4 is 23.2 Å². The molecular weight excluding hydrogens is 392 g/mol. The van der Waals surface area contributed by atoms with E-state index in [-0.39, 0.29) is 18.9 Å². The number of methoxy groups -OCH3 is 1. The summed E-state index contributed by atoms with van der Waals surface area (Å²) in [4.78, 5) is 12.4. The number of aliphatic hydroxyl groups excluding tert-OH is 1. The van der Waals surface area contributed by atoms with E-state index in [1.807, 2.05) is 30.3 Å². The van der Waals surface area contributed by atoms with Gasteiger partial charge >= 0.3 is 0 Å². The molecule has 3 atom stereocenters. The van der Waals surface area contributed by atoms with Crippen LogP contribution in [0.1, 0.15) is 12.0 Å². The van der Waals surface area contributed by atoms with Gasteiger partial charge in [-0.25, -0.2) is 0 Å². The first-order valence-electron chi connectivity index (χ1n) is 9.28. The minimum atomic E-state index is -0.985. The molecule has 7 heteroatoms. The van der Waals surface area contributed by atoms with Crippen molar-refractivity contribution in [1.82, 2.24) is 0 Å². The first-order chi connectivity index (χ1) is 13.9. The average Bonchev–Trinajstić information content (AvgIpc) is 2.70. The molecule has 0 saturated heterocycles. The van der Waals surface area contributed by atoms with Gasteiger partial charge in [0, 0.05) is 24.2 Å². The highest BCUT2D eigenvalue weighted by atomic mass is 35.5. The summed E-state index contributed by atoms with van der Waals surface area (Å²) in [6.45, 7) is 3.82. The molecule has 4 N–H and O–H groups in total. The summed E-state index contributed by atoms with van der Waals surface area (Å²) < 4.78 is 10.9. The number of nitrogens with two attached hydrogens (primary N) is 1. The summed E-state index contributed by atoms with van der Waals surface area (Å²) in [7, 11) is 1.40. The second-order valence-electron chi connectivity index (χ2n) is 6.64. The lowest BCUT2D eigenvalue weighted by Gasteiger charge is -2.23. The molecule has 1 amide bonds. The van der Waals surface area contributed by atoms with Crippen LogP contribution in [0.15, 0.2) is 61.2 Å². The molecule has 6 nitrogen and oxygen atoms in total. The van der Waals surface area contributed by atoms with E-state index in [1.165, 1.54) is 7.11 Å². The zero-order valence-corrected chi connectivity index (χ0v) is 17.1. The SMILES string of the molecule is C=CCc1cccc(OC[C@H](N)[C@@H](O)C[C@@H](OC)C(=O)Nc2cccc(Cl)c2)c1. The third-order valence-electron chi connectivity index (χ3n) is 4.34. The highest BCUT2D eigenvalue weighted by Crippen LogP contribution is 2.17. The topological polar surface area (TPSA) is 93.8 Å². The highest BCUT2D eigenvalue weighted by Gasteiger charge is 2.26. The summed E-state index contributed by atoms with van der Waals surface area (Å²) >= 11 is 5.92. The Bertz CT molecular complexity index is 815. The Labute approximate surface area is 176 Å². The van der Waals surface area contributed by atoms with Gasteiger partial charge in [-0.15, -0.1) is 6.58 Å². The molecule has 0 saturated carbocycles. The van der Waals surface area contributed by atoms with Gasteiger partial charge in [-0.3, -0.25) is 4.79 Å². The molecule has 0 spiro atoms. The number of carbonyl (C=O) groups excluding carboxylic acids is 1. The van der Waals surface area contributed by atoms with Gasteiger partial charge in [-0.2, -0.15) is 0 Å². The molecule has 2 rings (SSSR count). The summed E-state index contributed by atoms with van der Waals surface area (Å²) in [5.74, 6) is 0.271. The monoisotopic (exact) mass is 418 g/mol. The van der Waals surface area contributed by atoms with Crippen molar-refractivity contribution in [2.75, 3.05) is 19.0 Å². The number of allylic oxidation sites excluding steroid dienone is 1. The molecule has 0 aliphatic carbocycles. The normalized spacial score (nSPS) is 13.9. The smallest absolute Gasteiger partial charge is 0.253 e. The standard InChI is InChI=1S/C22H27ClN2O4/c1-3-6-15-7-4-10-18(11-15)29-14-19(24)20(26)13-21(28-2)22(27)25-17-9-5-8-16(23)12-17/h3-5,7-12,19-21,26H,1,6,13-14,24H2,2H3,(H,25,27)/t19-,20-,21+/m0/s1. The lowest BCUT2D eigenvalue weighted by molar-refractivity contribution is -0.127. The predicted molar refractivity (Wildman–Crippen MR) is 115 cm³/mol. The minimum Gasteiger partial charge on any atom is -0.492 e. The van der Waals surface area contributed by atoms with E-state index in [2.05, 4.69) is 11.9 Å². The molecule has 0 aliphatic heterocycles. The zero-order chi connectivity index (χ0) is 21.2. The number of rotatable bonds is 11. The Morgan fingerprint density at radius 1 is 1.31 bits per heavy atom. The number of carbonyl (C=O) groups is 1. The maximum Gasteiger partial charge on any atom is 0.253 e. The fourth-order valence-electron chi connectivity index (χ4n) is 2.73. The van der Waals surface area contributed by atoms with E-state index in [0.29, 0.717) is 16.5 Å². The predicted octanol–water partition coefficient (Wildman–Crippen LogP) is 3.18. The van der Waals surface area contributed by atoms with Crippen LogP contribution in [-0.2, 0) is 16.0 Å². The van der Waals surface area contributed by atoms with Crippen LogP contribution in [-0.4, -0.2) is 43.0 Å². The number of ether oxygens (including phenoxy) is 2. The van der Waals surface area contributed by atoms with Crippen LogP contribution < -0.4 is 15.8 Å². The number of hydrogen-bond acceptors (Lipinski definition) is 5. The number of halogens is 1. The average molecular weight is 419 g/mol. The Hall–Kier alpha value is -2.38. The molecule has 0 fully saturated rings. The van der Waals surface area contributed by atoms with E-state index >= 15 is 0 Å². The van der Waals surface area contributed by atoms with Crippen LogP contribution in [0.5, 0.6) is 5.75 Å². The molecule has 0 aromatic heterocycles. The molecule has 2 aromatic carbocycles. The van der Waals surface area contributed by atoms with Gasteiger partial charge in [0.05, 0.1) is 12.1 Å². The van der Waals surface area contributed by atoms with Crippen molar-refractivity contribution in [3.63, 3.8) is 0 Å². The summed E-state index contributed by atoms with van der Waals surface area (Å²) in [6.07, 6.45) is 0.730. The first-order valence-corrected chi connectivity index (χ1v) is 9.66. The van der Waals surface area contributed by atoms with Crippen LogP contribution >= 0.6 is 11.6 Å². The largest absolute Gasteiger partial charge is 0.492 e.